The van der Waals surface area contributed by atoms with Crippen LogP contribution in [0, 0.1) is 0 Å². The summed E-state index contributed by atoms with van der Waals surface area (Å²) in [6.45, 7) is -0.286. The van der Waals surface area contributed by atoms with Crippen LogP contribution in [0.5, 0.6) is 0 Å². The lowest BCUT2D eigenvalue weighted by Gasteiger charge is -2.07. The van der Waals surface area contributed by atoms with Gasteiger partial charge in [0.25, 0.3) is 11.8 Å². The minimum atomic E-state index is -0.572. The maximum atomic E-state index is 11.9. The van der Waals surface area contributed by atoms with Gasteiger partial charge in [-0.2, -0.15) is 0 Å². The van der Waals surface area contributed by atoms with E-state index in [1.165, 1.54) is 11.3 Å². The van der Waals surface area contributed by atoms with Gasteiger partial charge in [-0.25, -0.2) is 4.79 Å². The van der Waals surface area contributed by atoms with Gasteiger partial charge < -0.3 is 15.4 Å². The molecule has 0 atom stereocenters. The number of carbonyl (C=O) groups is 3. The van der Waals surface area contributed by atoms with Crippen molar-refractivity contribution in [2.75, 3.05) is 11.9 Å². The Morgan fingerprint density at radius 1 is 1.12 bits per heavy atom. The van der Waals surface area contributed by atoms with Crippen LogP contribution in [-0.2, 0) is 9.53 Å². The van der Waals surface area contributed by atoms with E-state index in [1.54, 1.807) is 36.4 Å². The van der Waals surface area contributed by atoms with Crippen LogP contribution in [0.3, 0.4) is 0 Å². The second-order valence-corrected chi connectivity index (χ2v) is 6.37. The third-order valence-corrected chi connectivity index (χ3v) is 4.27. The van der Waals surface area contributed by atoms with Crippen molar-refractivity contribution in [3.63, 3.8) is 0 Å². The molecule has 0 saturated heterocycles. The van der Waals surface area contributed by atoms with E-state index in [1.807, 2.05) is 5.38 Å². The third kappa shape index (κ3) is 4.42. The normalized spacial score (nSPS) is 13.2. The molecule has 0 aliphatic heterocycles. The number of benzene rings is 1. The number of nitrogens with one attached hydrogen (secondary N) is 2. The summed E-state index contributed by atoms with van der Waals surface area (Å²) in [6.07, 6.45) is 1.97. The predicted molar refractivity (Wildman–Crippen MR) is 90.2 cm³/mol. The Morgan fingerprint density at radius 2 is 1.88 bits per heavy atom. The number of carbonyl (C=O) groups excluding carboxylic acids is 3. The Hall–Kier alpha value is -2.67. The molecule has 0 bridgehead atoms. The number of hydrogen-bond acceptors (Lipinski definition) is 5. The van der Waals surface area contributed by atoms with Gasteiger partial charge >= 0.3 is 5.97 Å². The van der Waals surface area contributed by atoms with Gasteiger partial charge in [0.05, 0.1) is 10.4 Å². The number of hydrogen-bond donors (Lipinski definition) is 2. The van der Waals surface area contributed by atoms with Gasteiger partial charge in [-0.15, -0.1) is 11.3 Å². The fourth-order valence-electron chi connectivity index (χ4n) is 2.00. The number of thiophene rings is 1. The Labute approximate surface area is 142 Å². The van der Waals surface area contributed by atoms with Crippen molar-refractivity contribution in [3.8, 4) is 0 Å². The second kappa shape index (κ2) is 7.27. The van der Waals surface area contributed by atoms with Crippen LogP contribution in [0.2, 0.25) is 0 Å². The van der Waals surface area contributed by atoms with Crippen LogP contribution >= 0.6 is 11.3 Å². The first-order valence-electron chi connectivity index (χ1n) is 7.53. The van der Waals surface area contributed by atoms with Crippen LogP contribution in [0.4, 0.5) is 5.69 Å². The highest BCUT2D eigenvalue weighted by Gasteiger charge is 2.23. The quantitative estimate of drug-likeness (QED) is 0.788. The first-order valence-corrected chi connectivity index (χ1v) is 8.41. The molecule has 2 amide bonds. The van der Waals surface area contributed by atoms with Crippen molar-refractivity contribution in [2.45, 2.75) is 18.9 Å². The zero-order chi connectivity index (χ0) is 16.9. The molecular formula is C17H16N2O4S. The summed E-state index contributed by atoms with van der Waals surface area (Å²) < 4.78 is 4.96. The van der Waals surface area contributed by atoms with Crippen molar-refractivity contribution < 1.29 is 19.1 Å². The van der Waals surface area contributed by atoms with Gasteiger partial charge in [-0.05, 0) is 48.6 Å². The first kappa shape index (κ1) is 16.2. The molecule has 0 spiro atoms. The van der Waals surface area contributed by atoms with E-state index >= 15 is 0 Å². The summed E-state index contributed by atoms with van der Waals surface area (Å²) in [7, 11) is 0. The zero-order valence-corrected chi connectivity index (χ0v) is 13.6. The van der Waals surface area contributed by atoms with Gasteiger partial charge in [0.2, 0.25) is 0 Å². The van der Waals surface area contributed by atoms with E-state index in [-0.39, 0.29) is 24.5 Å². The number of anilines is 1. The molecule has 1 aromatic carbocycles. The standard InChI is InChI=1S/C17H16N2O4S/c20-15(18-12-7-8-12)10-23-17(22)11-3-5-13(6-4-11)19-16(21)14-2-1-9-24-14/h1-6,9,12H,7-8,10H2,(H,18,20)(H,19,21). The van der Waals surface area contributed by atoms with Gasteiger partial charge in [0, 0.05) is 11.7 Å². The lowest BCUT2D eigenvalue weighted by molar-refractivity contribution is -0.124. The fourth-order valence-corrected chi connectivity index (χ4v) is 2.62. The largest absolute Gasteiger partial charge is 0.452 e. The van der Waals surface area contributed by atoms with Crippen LogP contribution < -0.4 is 10.6 Å². The summed E-state index contributed by atoms with van der Waals surface area (Å²) in [6, 6.07) is 10.1. The minimum Gasteiger partial charge on any atom is -0.452 e. The third-order valence-electron chi connectivity index (χ3n) is 3.40. The molecule has 3 rings (SSSR count). The number of ether oxygens (including phenoxy) is 1. The van der Waals surface area contributed by atoms with Crippen molar-refractivity contribution in [3.05, 3.63) is 52.2 Å². The summed E-state index contributed by atoms with van der Waals surface area (Å²) in [4.78, 5) is 35.9. The molecule has 1 aliphatic carbocycles. The highest BCUT2D eigenvalue weighted by Crippen LogP contribution is 2.18. The molecule has 1 heterocycles. The van der Waals surface area contributed by atoms with Gasteiger partial charge in [0.15, 0.2) is 6.61 Å². The van der Waals surface area contributed by atoms with E-state index in [2.05, 4.69) is 10.6 Å². The Morgan fingerprint density at radius 3 is 2.50 bits per heavy atom. The van der Waals surface area contributed by atoms with Crippen molar-refractivity contribution in [1.29, 1.82) is 0 Å². The van der Waals surface area contributed by atoms with Gasteiger partial charge in [-0.3, -0.25) is 9.59 Å². The van der Waals surface area contributed by atoms with Gasteiger partial charge in [-0.1, -0.05) is 6.07 Å². The maximum absolute atomic E-state index is 11.9. The summed E-state index contributed by atoms with van der Waals surface area (Å²) in [5.74, 6) is -1.06. The Balaban J connectivity index is 1.50. The molecule has 0 radical (unpaired) electrons. The minimum absolute atomic E-state index is 0.197. The average Bonchev–Trinajstić information content (AvgIpc) is 3.22. The smallest absolute Gasteiger partial charge is 0.338 e. The molecule has 1 aliphatic rings. The Kier molecular flexibility index (Phi) is 4.90. The van der Waals surface area contributed by atoms with Crippen molar-refractivity contribution >= 4 is 34.8 Å². The van der Waals surface area contributed by atoms with Crippen LogP contribution in [0.25, 0.3) is 0 Å². The van der Waals surface area contributed by atoms with Crippen LogP contribution in [0.1, 0.15) is 32.9 Å². The molecule has 6 nitrogen and oxygen atoms in total. The number of rotatable bonds is 6. The molecule has 1 saturated carbocycles. The Bertz CT molecular complexity index is 736. The van der Waals surface area contributed by atoms with E-state index in [0.717, 1.165) is 12.8 Å². The predicted octanol–water partition coefficient (Wildman–Crippen LogP) is 2.44. The topological polar surface area (TPSA) is 84.5 Å². The van der Waals surface area contributed by atoms with E-state index in [4.69, 9.17) is 4.74 Å². The van der Waals surface area contributed by atoms with Crippen molar-refractivity contribution in [2.24, 2.45) is 0 Å². The monoisotopic (exact) mass is 344 g/mol. The summed E-state index contributed by atoms with van der Waals surface area (Å²) in [5.41, 5.74) is 0.903. The average molecular weight is 344 g/mol. The SMILES string of the molecule is O=C(COC(=O)c1ccc(NC(=O)c2cccs2)cc1)NC1CC1. The number of esters is 1. The van der Waals surface area contributed by atoms with Crippen LogP contribution in [-0.4, -0.2) is 30.4 Å². The molecule has 124 valence electrons. The second-order valence-electron chi connectivity index (χ2n) is 5.43. The molecule has 1 aromatic heterocycles. The van der Waals surface area contributed by atoms with Crippen molar-refractivity contribution in [1.82, 2.24) is 5.32 Å². The lowest BCUT2D eigenvalue weighted by atomic mass is 10.2. The van der Waals surface area contributed by atoms with Gasteiger partial charge in [0.1, 0.15) is 0 Å². The van der Waals surface area contributed by atoms with Crippen LogP contribution in [0.15, 0.2) is 41.8 Å². The summed E-state index contributed by atoms with van der Waals surface area (Å²) in [5, 5.41) is 7.31. The molecule has 2 N–H and O–H groups in total. The molecule has 2 aromatic rings. The zero-order valence-electron chi connectivity index (χ0n) is 12.8. The van der Waals surface area contributed by atoms with E-state index in [9.17, 15) is 14.4 Å². The van der Waals surface area contributed by atoms with E-state index < -0.39 is 5.97 Å². The molecule has 7 heteroatoms. The lowest BCUT2D eigenvalue weighted by Crippen LogP contribution is -2.30. The molecular weight excluding hydrogens is 328 g/mol. The summed E-state index contributed by atoms with van der Waals surface area (Å²) >= 11 is 1.35. The first-order chi connectivity index (χ1) is 11.6. The number of amides is 2. The fraction of sp³-hybridized carbons (Fsp3) is 0.235. The molecule has 0 unspecified atom stereocenters. The highest BCUT2D eigenvalue weighted by atomic mass is 32.1. The molecule has 24 heavy (non-hydrogen) atoms. The maximum Gasteiger partial charge on any atom is 0.338 e. The molecule has 1 fully saturated rings. The highest BCUT2D eigenvalue weighted by molar-refractivity contribution is 7.12. The van der Waals surface area contributed by atoms with E-state index in [0.29, 0.717) is 16.1 Å².